The molecule has 1 amide bonds. The molecule has 31 heavy (non-hydrogen) atoms. The van der Waals surface area contributed by atoms with Gasteiger partial charge in [-0.15, -0.1) is 5.10 Å². The molecule has 1 fully saturated rings. The Morgan fingerprint density at radius 3 is 2.65 bits per heavy atom. The van der Waals surface area contributed by atoms with Crippen molar-refractivity contribution in [1.29, 1.82) is 0 Å². The number of piperazine rings is 1. The predicted molar refractivity (Wildman–Crippen MR) is 113 cm³/mol. The van der Waals surface area contributed by atoms with Gasteiger partial charge in [-0.2, -0.15) is 4.68 Å². The molecule has 5 rings (SSSR count). The number of para-hydroxylation sites is 1. The van der Waals surface area contributed by atoms with E-state index in [1.165, 1.54) is 0 Å². The summed E-state index contributed by atoms with van der Waals surface area (Å²) in [5.41, 5.74) is 1.84. The van der Waals surface area contributed by atoms with Gasteiger partial charge in [0.15, 0.2) is 17.3 Å². The molecule has 0 unspecified atom stereocenters. The summed E-state index contributed by atoms with van der Waals surface area (Å²) >= 11 is 0. The van der Waals surface area contributed by atoms with E-state index < -0.39 is 0 Å². The third-order valence-electron chi connectivity index (χ3n) is 5.40. The molecule has 0 N–H and O–H groups in total. The summed E-state index contributed by atoms with van der Waals surface area (Å²) in [5, 5.41) is 12.1. The third kappa shape index (κ3) is 4.26. The molecule has 3 aromatic rings. The van der Waals surface area contributed by atoms with Gasteiger partial charge in [-0.05, 0) is 46.3 Å². The third-order valence-corrected chi connectivity index (χ3v) is 5.40. The molecule has 2 aliphatic rings. The standard InChI is InChI=1S/C22H22N6O3/c29-22(9-7-17-6-8-19-20(14-17)31-16-30-19)27-12-10-26(11-13-27)15-21-23-24-25-28(21)18-4-2-1-3-5-18/h1-9,14H,10-13,15-16H2/b9-7+. The van der Waals surface area contributed by atoms with Crippen molar-refractivity contribution in [3.8, 4) is 17.2 Å². The van der Waals surface area contributed by atoms with E-state index >= 15 is 0 Å². The number of tetrazole rings is 1. The molecule has 0 aliphatic carbocycles. The summed E-state index contributed by atoms with van der Waals surface area (Å²) in [6, 6.07) is 15.5. The Labute approximate surface area is 179 Å². The fourth-order valence-corrected chi connectivity index (χ4v) is 3.69. The van der Waals surface area contributed by atoms with Crippen LogP contribution in [0.4, 0.5) is 0 Å². The number of carbonyl (C=O) groups is 1. The average molecular weight is 418 g/mol. The molecule has 0 bridgehead atoms. The van der Waals surface area contributed by atoms with Gasteiger partial charge < -0.3 is 14.4 Å². The molecule has 0 spiro atoms. The maximum absolute atomic E-state index is 12.6. The number of carbonyl (C=O) groups excluding carboxylic acids is 1. The van der Waals surface area contributed by atoms with Gasteiger partial charge in [-0.25, -0.2) is 0 Å². The molecule has 2 aliphatic heterocycles. The fourth-order valence-electron chi connectivity index (χ4n) is 3.69. The van der Waals surface area contributed by atoms with Crippen molar-refractivity contribution in [3.63, 3.8) is 0 Å². The average Bonchev–Trinajstić information content (AvgIpc) is 3.47. The summed E-state index contributed by atoms with van der Waals surface area (Å²) in [5.74, 6) is 2.24. The lowest BCUT2D eigenvalue weighted by Crippen LogP contribution is -2.48. The molecule has 9 heteroatoms. The first-order valence-electron chi connectivity index (χ1n) is 10.2. The Kier molecular flexibility index (Phi) is 5.32. The minimum absolute atomic E-state index is 0.00596. The summed E-state index contributed by atoms with van der Waals surface area (Å²) in [7, 11) is 0. The number of hydrogen-bond acceptors (Lipinski definition) is 7. The summed E-state index contributed by atoms with van der Waals surface area (Å²) in [6.07, 6.45) is 3.42. The second-order valence-electron chi connectivity index (χ2n) is 7.39. The highest BCUT2D eigenvalue weighted by Crippen LogP contribution is 2.32. The van der Waals surface area contributed by atoms with Crippen molar-refractivity contribution < 1.29 is 14.3 Å². The van der Waals surface area contributed by atoms with Crippen LogP contribution in [0.5, 0.6) is 11.5 Å². The number of fused-ring (bicyclic) bond motifs is 1. The normalized spacial score (nSPS) is 16.2. The van der Waals surface area contributed by atoms with E-state index in [1.807, 2.05) is 59.5 Å². The SMILES string of the molecule is O=C(/C=C/c1ccc2c(c1)OCO2)N1CCN(Cc2nnnn2-c2ccccc2)CC1. The van der Waals surface area contributed by atoms with Crippen LogP contribution in [0.25, 0.3) is 11.8 Å². The molecule has 1 saturated heterocycles. The van der Waals surface area contributed by atoms with Crippen LogP contribution in [0.15, 0.2) is 54.6 Å². The van der Waals surface area contributed by atoms with Gasteiger partial charge in [0.1, 0.15) is 0 Å². The van der Waals surface area contributed by atoms with Gasteiger partial charge >= 0.3 is 0 Å². The van der Waals surface area contributed by atoms with Gasteiger partial charge in [0.2, 0.25) is 12.7 Å². The van der Waals surface area contributed by atoms with Gasteiger partial charge in [0.25, 0.3) is 0 Å². The molecule has 3 heterocycles. The van der Waals surface area contributed by atoms with E-state index in [0.29, 0.717) is 25.4 Å². The van der Waals surface area contributed by atoms with Crippen molar-refractivity contribution >= 4 is 12.0 Å². The largest absolute Gasteiger partial charge is 0.454 e. The first-order valence-corrected chi connectivity index (χ1v) is 10.2. The maximum Gasteiger partial charge on any atom is 0.246 e. The molecule has 0 atom stereocenters. The lowest BCUT2D eigenvalue weighted by atomic mass is 10.2. The molecule has 1 aromatic heterocycles. The van der Waals surface area contributed by atoms with E-state index in [2.05, 4.69) is 20.4 Å². The number of benzene rings is 2. The fraction of sp³-hybridized carbons (Fsp3) is 0.273. The van der Waals surface area contributed by atoms with Crippen molar-refractivity contribution in [1.82, 2.24) is 30.0 Å². The van der Waals surface area contributed by atoms with Crippen molar-refractivity contribution in [2.24, 2.45) is 0 Å². The lowest BCUT2D eigenvalue weighted by Gasteiger charge is -2.33. The van der Waals surface area contributed by atoms with E-state index in [1.54, 1.807) is 10.8 Å². The smallest absolute Gasteiger partial charge is 0.246 e. The lowest BCUT2D eigenvalue weighted by molar-refractivity contribution is -0.127. The molecule has 0 radical (unpaired) electrons. The minimum Gasteiger partial charge on any atom is -0.454 e. The van der Waals surface area contributed by atoms with Crippen LogP contribution in [-0.2, 0) is 11.3 Å². The van der Waals surface area contributed by atoms with Gasteiger partial charge in [-0.3, -0.25) is 9.69 Å². The summed E-state index contributed by atoms with van der Waals surface area (Å²) in [6.45, 7) is 3.74. The highest BCUT2D eigenvalue weighted by Gasteiger charge is 2.22. The zero-order valence-corrected chi connectivity index (χ0v) is 16.9. The van der Waals surface area contributed by atoms with Crippen molar-refractivity contribution in [3.05, 3.63) is 66.0 Å². The zero-order chi connectivity index (χ0) is 21.0. The van der Waals surface area contributed by atoms with Crippen molar-refractivity contribution in [2.45, 2.75) is 6.54 Å². The van der Waals surface area contributed by atoms with E-state index in [-0.39, 0.29) is 12.7 Å². The zero-order valence-electron chi connectivity index (χ0n) is 16.9. The van der Waals surface area contributed by atoms with E-state index in [4.69, 9.17) is 9.47 Å². The number of nitrogens with zero attached hydrogens (tertiary/aromatic N) is 6. The minimum atomic E-state index is 0.00596. The van der Waals surface area contributed by atoms with Crippen molar-refractivity contribution in [2.75, 3.05) is 33.0 Å². The maximum atomic E-state index is 12.6. The van der Waals surface area contributed by atoms with E-state index in [0.717, 1.165) is 35.9 Å². The first kappa shape index (κ1) is 19.3. The van der Waals surface area contributed by atoms with Crippen LogP contribution in [0.2, 0.25) is 0 Å². The molecular formula is C22H22N6O3. The monoisotopic (exact) mass is 418 g/mol. The molecule has 9 nitrogen and oxygen atoms in total. The predicted octanol–water partition coefficient (Wildman–Crippen LogP) is 1.75. The Hall–Kier alpha value is -3.72. The Balaban J connectivity index is 1.16. The van der Waals surface area contributed by atoms with Gasteiger partial charge in [-0.1, -0.05) is 24.3 Å². The highest BCUT2D eigenvalue weighted by atomic mass is 16.7. The Morgan fingerprint density at radius 2 is 1.81 bits per heavy atom. The number of amides is 1. The molecular weight excluding hydrogens is 396 g/mol. The molecule has 0 saturated carbocycles. The quantitative estimate of drug-likeness (QED) is 0.584. The number of ether oxygens (including phenoxy) is 2. The molecule has 2 aromatic carbocycles. The summed E-state index contributed by atoms with van der Waals surface area (Å²) in [4.78, 5) is 16.7. The topological polar surface area (TPSA) is 85.6 Å². The van der Waals surface area contributed by atoms with Crippen LogP contribution in [0.3, 0.4) is 0 Å². The van der Waals surface area contributed by atoms with Crippen LogP contribution >= 0.6 is 0 Å². The van der Waals surface area contributed by atoms with Crippen LogP contribution in [-0.4, -0.2) is 68.9 Å². The highest BCUT2D eigenvalue weighted by molar-refractivity contribution is 5.92. The second-order valence-corrected chi connectivity index (χ2v) is 7.39. The number of rotatable bonds is 5. The first-order chi connectivity index (χ1) is 15.3. The number of aromatic nitrogens is 4. The van der Waals surface area contributed by atoms with E-state index in [9.17, 15) is 4.79 Å². The van der Waals surface area contributed by atoms with Gasteiger partial charge in [0, 0.05) is 32.3 Å². The second kappa shape index (κ2) is 8.57. The van der Waals surface area contributed by atoms with Gasteiger partial charge in [0.05, 0.1) is 12.2 Å². The molecule has 158 valence electrons. The van der Waals surface area contributed by atoms with Crippen LogP contribution < -0.4 is 9.47 Å². The Bertz CT molecular complexity index is 1090. The van der Waals surface area contributed by atoms with Crippen LogP contribution in [0.1, 0.15) is 11.4 Å². The summed E-state index contributed by atoms with van der Waals surface area (Å²) < 4.78 is 12.5. The number of hydrogen-bond donors (Lipinski definition) is 0. The van der Waals surface area contributed by atoms with Crippen LogP contribution in [0, 0.1) is 0 Å². The Morgan fingerprint density at radius 1 is 1.00 bits per heavy atom.